The fourth-order valence-electron chi connectivity index (χ4n) is 1.33. The van der Waals surface area contributed by atoms with Crippen LogP contribution in [0.4, 0.5) is 11.4 Å². The molecular weight excluding hydrogens is 212 g/mol. The van der Waals surface area contributed by atoms with E-state index < -0.39 is 10.9 Å². The number of aryl methyl sites for hydroxylation is 1. The lowest BCUT2D eigenvalue weighted by Crippen LogP contribution is -2.25. The van der Waals surface area contributed by atoms with Gasteiger partial charge in [0.05, 0.1) is 4.92 Å². The van der Waals surface area contributed by atoms with Gasteiger partial charge >= 0.3 is 5.97 Å². The summed E-state index contributed by atoms with van der Waals surface area (Å²) in [5.74, 6) is -0.981. The number of hydrogen-bond acceptors (Lipinski definition) is 4. The van der Waals surface area contributed by atoms with Crippen molar-refractivity contribution in [3.63, 3.8) is 0 Å². The molecule has 0 aliphatic carbocycles. The number of carboxylic acid groups (broad SMARTS) is 1. The third-order valence-electron chi connectivity index (χ3n) is 2.20. The molecule has 6 nitrogen and oxygen atoms in total. The molecule has 0 radical (unpaired) electrons. The van der Waals surface area contributed by atoms with Gasteiger partial charge in [-0.2, -0.15) is 0 Å². The molecule has 0 spiro atoms. The van der Waals surface area contributed by atoms with Gasteiger partial charge in [0.1, 0.15) is 6.54 Å². The maximum Gasteiger partial charge on any atom is 0.323 e. The van der Waals surface area contributed by atoms with Gasteiger partial charge in [-0.1, -0.05) is 6.07 Å². The molecule has 6 heteroatoms. The molecule has 0 fully saturated rings. The molecule has 0 unspecified atom stereocenters. The average Bonchev–Trinajstić information content (AvgIpc) is 2.16. The minimum Gasteiger partial charge on any atom is -0.480 e. The third-order valence-corrected chi connectivity index (χ3v) is 2.20. The van der Waals surface area contributed by atoms with Crippen molar-refractivity contribution in [3.8, 4) is 0 Å². The third kappa shape index (κ3) is 2.69. The lowest BCUT2D eigenvalue weighted by molar-refractivity contribution is -0.385. The van der Waals surface area contributed by atoms with Crippen LogP contribution in [-0.4, -0.2) is 29.6 Å². The molecule has 0 saturated heterocycles. The molecule has 1 aromatic rings. The Balaban J connectivity index is 3.02. The van der Waals surface area contributed by atoms with Gasteiger partial charge in [0, 0.05) is 24.4 Å². The molecule has 0 atom stereocenters. The van der Waals surface area contributed by atoms with E-state index in [9.17, 15) is 14.9 Å². The molecule has 1 rings (SSSR count). The zero-order valence-electron chi connectivity index (χ0n) is 9.01. The van der Waals surface area contributed by atoms with Crippen LogP contribution in [0.3, 0.4) is 0 Å². The number of rotatable bonds is 4. The number of benzene rings is 1. The van der Waals surface area contributed by atoms with Gasteiger partial charge < -0.3 is 10.0 Å². The minimum atomic E-state index is -0.981. The summed E-state index contributed by atoms with van der Waals surface area (Å²) in [4.78, 5) is 22.1. The number of carbonyl (C=O) groups is 1. The first kappa shape index (κ1) is 12.0. The molecule has 86 valence electrons. The van der Waals surface area contributed by atoms with E-state index in [0.717, 1.165) is 0 Å². The molecule has 0 amide bonds. The first-order chi connectivity index (χ1) is 7.41. The Morgan fingerprint density at radius 2 is 2.19 bits per heavy atom. The quantitative estimate of drug-likeness (QED) is 0.617. The van der Waals surface area contributed by atoms with E-state index in [4.69, 9.17) is 5.11 Å². The van der Waals surface area contributed by atoms with E-state index in [1.54, 1.807) is 26.1 Å². The van der Waals surface area contributed by atoms with Gasteiger partial charge in [-0.15, -0.1) is 0 Å². The van der Waals surface area contributed by atoms with E-state index in [1.807, 2.05) is 0 Å². The van der Waals surface area contributed by atoms with Crippen LogP contribution >= 0.6 is 0 Å². The molecule has 0 saturated carbocycles. The summed E-state index contributed by atoms with van der Waals surface area (Å²) in [6.45, 7) is 1.44. The van der Waals surface area contributed by atoms with Crippen LogP contribution in [0.5, 0.6) is 0 Å². The summed E-state index contributed by atoms with van der Waals surface area (Å²) in [5.41, 5.74) is 1.06. The predicted octanol–water partition coefficient (Wildman–Crippen LogP) is 1.42. The summed E-state index contributed by atoms with van der Waals surface area (Å²) in [6, 6.07) is 4.63. The molecular formula is C10H12N2O4. The summed E-state index contributed by atoms with van der Waals surface area (Å²) in [6.07, 6.45) is 0. The monoisotopic (exact) mass is 224 g/mol. The Hall–Kier alpha value is -2.11. The molecule has 16 heavy (non-hydrogen) atoms. The topological polar surface area (TPSA) is 83.7 Å². The van der Waals surface area contributed by atoms with Crippen molar-refractivity contribution in [1.29, 1.82) is 0 Å². The Morgan fingerprint density at radius 3 is 2.69 bits per heavy atom. The van der Waals surface area contributed by atoms with Gasteiger partial charge in [0.25, 0.3) is 5.69 Å². The fourth-order valence-corrected chi connectivity index (χ4v) is 1.33. The minimum absolute atomic E-state index is 0.00487. The van der Waals surface area contributed by atoms with Crippen LogP contribution in [0, 0.1) is 17.0 Å². The van der Waals surface area contributed by atoms with Crippen molar-refractivity contribution in [2.75, 3.05) is 18.5 Å². The van der Waals surface area contributed by atoms with Crippen LogP contribution < -0.4 is 4.90 Å². The molecule has 0 aromatic heterocycles. The number of hydrogen-bond donors (Lipinski definition) is 1. The Kier molecular flexibility index (Phi) is 3.44. The average molecular weight is 224 g/mol. The van der Waals surface area contributed by atoms with Crippen molar-refractivity contribution < 1.29 is 14.8 Å². The second-order valence-electron chi connectivity index (χ2n) is 3.48. The lowest BCUT2D eigenvalue weighted by Gasteiger charge is -2.16. The first-order valence-corrected chi connectivity index (χ1v) is 4.60. The smallest absolute Gasteiger partial charge is 0.323 e. The normalized spacial score (nSPS) is 9.88. The SMILES string of the molecule is Cc1ccc(N(C)CC(=O)O)cc1[N+](=O)[O-]. The highest BCUT2D eigenvalue weighted by Gasteiger charge is 2.13. The number of anilines is 1. The van der Waals surface area contributed by atoms with Crippen LogP contribution in [0.2, 0.25) is 0 Å². The molecule has 0 bridgehead atoms. The summed E-state index contributed by atoms with van der Waals surface area (Å²) in [7, 11) is 1.57. The zero-order chi connectivity index (χ0) is 12.3. The van der Waals surface area contributed by atoms with Crippen molar-refractivity contribution in [1.82, 2.24) is 0 Å². The van der Waals surface area contributed by atoms with E-state index in [1.165, 1.54) is 11.0 Å². The second kappa shape index (κ2) is 4.61. The molecule has 0 heterocycles. The van der Waals surface area contributed by atoms with Crippen molar-refractivity contribution >= 4 is 17.3 Å². The molecule has 0 aliphatic rings. The number of aliphatic carboxylic acids is 1. The van der Waals surface area contributed by atoms with Gasteiger partial charge in [-0.3, -0.25) is 14.9 Å². The highest BCUT2D eigenvalue weighted by Crippen LogP contribution is 2.24. The van der Waals surface area contributed by atoms with Crippen LogP contribution in [0.15, 0.2) is 18.2 Å². The Labute approximate surface area is 92.3 Å². The van der Waals surface area contributed by atoms with Crippen LogP contribution in [0.1, 0.15) is 5.56 Å². The Morgan fingerprint density at radius 1 is 1.56 bits per heavy atom. The van der Waals surface area contributed by atoms with Gasteiger partial charge in [0.2, 0.25) is 0 Å². The zero-order valence-corrected chi connectivity index (χ0v) is 9.01. The number of nitrogens with zero attached hydrogens (tertiary/aromatic N) is 2. The number of carboxylic acids is 1. The van der Waals surface area contributed by atoms with E-state index in [-0.39, 0.29) is 12.2 Å². The second-order valence-corrected chi connectivity index (χ2v) is 3.48. The molecule has 0 aliphatic heterocycles. The Bertz CT molecular complexity index is 431. The predicted molar refractivity (Wildman–Crippen MR) is 58.7 cm³/mol. The highest BCUT2D eigenvalue weighted by molar-refractivity contribution is 5.74. The highest BCUT2D eigenvalue weighted by atomic mass is 16.6. The van der Waals surface area contributed by atoms with E-state index in [2.05, 4.69) is 0 Å². The summed E-state index contributed by atoms with van der Waals surface area (Å²) < 4.78 is 0. The number of nitro groups is 1. The first-order valence-electron chi connectivity index (χ1n) is 4.60. The van der Waals surface area contributed by atoms with Gasteiger partial charge in [0.15, 0.2) is 0 Å². The standard InChI is InChI=1S/C10H12N2O4/c1-7-3-4-8(5-9(7)12(15)16)11(2)6-10(13)14/h3-5H,6H2,1-2H3,(H,13,14). The maximum atomic E-state index is 10.7. The van der Waals surface area contributed by atoms with E-state index in [0.29, 0.717) is 11.3 Å². The summed E-state index contributed by atoms with van der Waals surface area (Å²) >= 11 is 0. The van der Waals surface area contributed by atoms with Gasteiger partial charge in [-0.25, -0.2) is 0 Å². The van der Waals surface area contributed by atoms with E-state index >= 15 is 0 Å². The largest absolute Gasteiger partial charge is 0.480 e. The van der Waals surface area contributed by atoms with Gasteiger partial charge in [-0.05, 0) is 13.0 Å². The molecule has 1 aromatic carbocycles. The van der Waals surface area contributed by atoms with Crippen molar-refractivity contribution in [2.24, 2.45) is 0 Å². The maximum absolute atomic E-state index is 10.7. The van der Waals surface area contributed by atoms with Crippen molar-refractivity contribution in [2.45, 2.75) is 6.92 Å². The summed E-state index contributed by atoms with van der Waals surface area (Å²) in [5, 5.41) is 19.3. The van der Waals surface area contributed by atoms with Crippen LogP contribution in [0.25, 0.3) is 0 Å². The lowest BCUT2D eigenvalue weighted by atomic mass is 10.2. The number of likely N-dealkylation sites (N-methyl/N-ethyl adjacent to an activating group) is 1. The fraction of sp³-hybridized carbons (Fsp3) is 0.300. The van der Waals surface area contributed by atoms with Crippen molar-refractivity contribution in [3.05, 3.63) is 33.9 Å². The van der Waals surface area contributed by atoms with Crippen LogP contribution in [-0.2, 0) is 4.79 Å². The molecule has 1 N–H and O–H groups in total. The number of nitro benzene ring substituents is 1.